The van der Waals surface area contributed by atoms with Crippen molar-refractivity contribution in [3.63, 3.8) is 0 Å². The molecule has 0 bridgehead atoms. The summed E-state index contributed by atoms with van der Waals surface area (Å²) in [5, 5.41) is 6.92. The second-order valence-corrected chi connectivity index (χ2v) is 6.47. The Morgan fingerprint density at radius 3 is 2.75 bits per heavy atom. The molecule has 1 aliphatic heterocycles. The molecule has 0 fully saturated rings. The van der Waals surface area contributed by atoms with E-state index in [9.17, 15) is 4.79 Å². The first-order chi connectivity index (χ1) is 9.28. The normalized spacial score (nSPS) is 14.7. The topological polar surface area (TPSA) is 50.4 Å². The van der Waals surface area contributed by atoms with Gasteiger partial charge in [-0.05, 0) is 63.4 Å². The highest BCUT2D eigenvalue weighted by Crippen LogP contribution is 2.33. The van der Waals surface area contributed by atoms with Gasteiger partial charge in [0.2, 0.25) is 0 Å². The maximum absolute atomic E-state index is 12.0. The molecule has 1 aliphatic rings. The summed E-state index contributed by atoms with van der Waals surface area (Å²) in [6.07, 6.45) is 0.422. The van der Waals surface area contributed by atoms with Crippen LogP contribution in [0.1, 0.15) is 37.5 Å². The minimum atomic E-state index is -0.508. The monoisotopic (exact) mass is 296 g/mol. The highest BCUT2D eigenvalue weighted by atomic mass is 35.5. The Morgan fingerprint density at radius 2 is 2.10 bits per heavy atom. The molecule has 0 radical (unpaired) electrons. The minimum absolute atomic E-state index is 0.427. The standard InChI is InChI=1S/C15H21ClN2O2/c1-9-7-12(16)11-8-17-6-5-10(11)13(9)18-14(19)20-15(2,3)4/h7,17H,5-6,8H2,1-4H3,(H,18,19). The molecule has 5 heteroatoms. The largest absolute Gasteiger partial charge is 0.444 e. The molecule has 1 aromatic rings. The molecule has 0 aromatic heterocycles. The number of anilines is 1. The molecule has 0 saturated heterocycles. The third-order valence-electron chi connectivity index (χ3n) is 3.17. The lowest BCUT2D eigenvalue weighted by molar-refractivity contribution is 0.0635. The number of ether oxygens (including phenoxy) is 1. The zero-order chi connectivity index (χ0) is 14.9. The zero-order valence-corrected chi connectivity index (χ0v) is 13.1. The Hall–Kier alpha value is -1.26. The van der Waals surface area contributed by atoms with Crippen LogP contribution in [0.25, 0.3) is 0 Å². The molecule has 1 aromatic carbocycles. The van der Waals surface area contributed by atoms with Crippen LogP contribution in [-0.4, -0.2) is 18.2 Å². The molecule has 2 rings (SSSR count). The van der Waals surface area contributed by atoms with E-state index in [1.54, 1.807) is 0 Å². The van der Waals surface area contributed by atoms with E-state index in [0.717, 1.165) is 46.9 Å². The van der Waals surface area contributed by atoms with Gasteiger partial charge in [0.05, 0.1) is 5.69 Å². The number of rotatable bonds is 1. The lowest BCUT2D eigenvalue weighted by atomic mass is 9.96. The van der Waals surface area contributed by atoms with Crippen molar-refractivity contribution in [3.8, 4) is 0 Å². The first-order valence-corrected chi connectivity index (χ1v) is 7.17. The molecule has 4 nitrogen and oxygen atoms in total. The van der Waals surface area contributed by atoms with E-state index >= 15 is 0 Å². The lowest BCUT2D eigenvalue weighted by Crippen LogP contribution is -2.29. The van der Waals surface area contributed by atoms with Crippen LogP contribution < -0.4 is 10.6 Å². The molecular formula is C15H21ClN2O2. The van der Waals surface area contributed by atoms with Crippen molar-refractivity contribution in [2.45, 2.75) is 46.3 Å². The predicted molar refractivity (Wildman–Crippen MR) is 81.5 cm³/mol. The van der Waals surface area contributed by atoms with Crippen molar-refractivity contribution in [1.82, 2.24) is 5.32 Å². The summed E-state index contributed by atoms with van der Waals surface area (Å²) in [6, 6.07) is 1.89. The molecule has 1 heterocycles. The Morgan fingerprint density at radius 1 is 1.40 bits per heavy atom. The zero-order valence-electron chi connectivity index (χ0n) is 12.4. The van der Waals surface area contributed by atoms with E-state index in [4.69, 9.17) is 16.3 Å². The fourth-order valence-electron chi connectivity index (χ4n) is 2.36. The summed E-state index contributed by atoms with van der Waals surface area (Å²) in [7, 11) is 0. The van der Waals surface area contributed by atoms with Gasteiger partial charge in [-0.2, -0.15) is 0 Å². The summed E-state index contributed by atoms with van der Waals surface area (Å²) < 4.78 is 5.32. The fourth-order valence-corrected chi connectivity index (χ4v) is 2.70. The van der Waals surface area contributed by atoms with Gasteiger partial charge >= 0.3 is 6.09 Å². The van der Waals surface area contributed by atoms with Gasteiger partial charge in [-0.15, -0.1) is 0 Å². The second kappa shape index (κ2) is 5.62. The Kier molecular flexibility index (Phi) is 4.25. The third kappa shape index (κ3) is 3.44. The first-order valence-electron chi connectivity index (χ1n) is 6.79. The van der Waals surface area contributed by atoms with Crippen LogP contribution in [0, 0.1) is 6.92 Å². The lowest BCUT2D eigenvalue weighted by Gasteiger charge is -2.25. The quantitative estimate of drug-likeness (QED) is 0.832. The van der Waals surface area contributed by atoms with Gasteiger partial charge in [-0.1, -0.05) is 11.6 Å². The molecule has 0 atom stereocenters. The SMILES string of the molecule is Cc1cc(Cl)c2c(c1NC(=O)OC(C)(C)C)CCNC2. The van der Waals surface area contributed by atoms with Crippen LogP contribution in [-0.2, 0) is 17.7 Å². The van der Waals surface area contributed by atoms with Gasteiger partial charge in [-0.25, -0.2) is 4.79 Å². The summed E-state index contributed by atoms with van der Waals surface area (Å²) in [5.41, 5.74) is 3.46. The average molecular weight is 297 g/mol. The number of hydrogen-bond acceptors (Lipinski definition) is 3. The molecule has 2 N–H and O–H groups in total. The number of carbonyl (C=O) groups is 1. The number of nitrogens with one attached hydrogen (secondary N) is 2. The molecule has 0 unspecified atom stereocenters. The second-order valence-electron chi connectivity index (χ2n) is 6.06. The Balaban J connectivity index is 2.30. The number of carbonyl (C=O) groups excluding carboxylic acids is 1. The summed E-state index contributed by atoms with van der Waals surface area (Å²) in [4.78, 5) is 12.0. The van der Waals surface area contributed by atoms with Crippen molar-refractivity contribution >= 4 is 23.4 Å². The molecule has 0 aliphatic carbocycles. The van der Waals surface area contributed by atoms with E-state index in [1.807, 2.05) is 33.8 Å². The molecular weight excluding hydrogens is 276 g/mol. The predicted octanol–water partition coefficient (Wildman–Crippen LogP) is 3.64. The number of halogens is 1. The van der Waals surface area contributed by atoms with Gasteiger partial charge in [-0.3, -0.25) is 5.32 Å². The number of aryl methyl sites for hydroxylation is 1. The highest BCUT2D eigenvalue weighted by Gasteiger charge is 2.22. The van der Waals surface area contributed by atoms with E-state index in [1.165, 1.54) is 0 Å². The Labute approximate surface area is 124 Å². The molecule has 110 valence electrons. The van der Waals surface area contributed by atoms with Crippen molar-refractivity contribution in [1.29, 1.82) is 0 Å². The van der Waals surface area contributed by atoms with Crippen molar-refractivity contribution in [2.24, 2.45) is 0 Å². The van der Waals surface area contributed by atoms with E-state index < -0.39 is 11.7 Å². The molecule has 20 heavy (non-hydrogen) atoms. The summed E-state index contributed by atoms with van der Waals surface area (Å²) >= 11 is 6.28. The average Bonchev–Trinajstić information content (AvgIpc) is 2.32. The van der Waals surface area contributed by atoms with Crippen LogP contribution in [0.3, 0.4) is 0 Å². The van der Waals surface area contributed by atoms with Crippen LogP contribution in [0.15, 0.2) is 6.07 Å². The Bertz CT molecular complexity index is 536. The van der Waals surface area contributed by atoms with Crippen LogP contribution in [0.5, 0.6) is 0 Å². The number of fused-ring (bicyclic) bond motifs is 1. The van der Waals surface area contributed by atoms with Gasteiger partial charge in [0.25, 0.3) is 0 Å². The molecule has 1 amide bonds. The third-order valence-corrected chi connectivity index (χ3v) is 3.51. The number of amides is 1. The smallest absolute Gasteiger partial charge is 0.412 e. The van der Waals surface area contributed by atoms with E-state index in [0.29, 0.717) is 0 Å². The maximum atomic E-state index is 12.0. The summed E-state index contributed by atoms with van der Waals surface area (Å²) in [6.45, 7) is 9.11. The van der Waals surface area contributed by atoms with Gasteiger partial charge < -0.3 is 10.1 Å². The number of hydrogen-bond donors (Lipinski definition) is 2. The first kappa shape index (κ1) is 15.1. The number of benzene rings is 1. The maximum Gasteiger partial charge on any atom is 0.412 e. The van der Waals surface area contributed by atoms with Gasteiger partial charge in [0, 0.05) is 11.6 Å². The summed E-state index contributed by atoms with van der Waals surface area (Å²) in [5.74, 6) is 0. The van der Waals surface area contributed by atoms with Crippen molar-refractivity contribution in [3.05, 3.63) is 27.8 Å². The fraction of sp³-hybridized carbons (Fsp3) is 0.533. The van der Waals surface area contributed by atoms with Crippen molar-refractivity contribution < 1.29 is 9.53 Å². The van der Waals surface area contributed by atoms with E-state index in [-0.39, 0.29) is 0 Å². The van der Waals surface area contributed by atoms with Crippen LogP contribution in [0.2, 0.25) is 5.02 Å². The van der Waals surface area contributed by atoms with Crippen LogP contribution >= 0.6 is 11.6 Å². The van der Waals surface area contributed by atoms with Crippen LogP contribution in [0.4, 0.5) is 10.5 Å². The van der Waals surface area contributed by atoms with Gasteiger partial charge in [0.15, 0.2) is 0 Å². The molecule has 0 spiro atoms. The van der Waals surface area contributed by atoms with E-state index in [2.05, 4.69) is 10.6 Å². The van der Waals surface area contributed by atoms with Gasteiger partial charge in [0.1, 0.15) is 5.60 Å². The van der Waals surface area contributed by atoms with Crippen molar-refractivity contribution in [2.75, 3.05) is 11.9 Å². The molecule has 0 saturated carbocycles. The highest BCUT2D eigenvalue weighted by molar-refractivity contribution is 6.31. The minimum Gasteiger partial charge on any atom is -0.444 e.